The molecule has 0 radical (unpaired) electrons. The lowest BCUT2D eigenvalue weighted by atomic mass is 9.74. The summed E-state index contributed by atoms with van der Waals surface area (Å²) in [6.07, 6.45) is 4.33. The summed E-state index contributed by atoms with van der Waals surface area (Å²) in [5.74, 6) is 1.22. The molecular formula is C13H26O2. The van der Waals surface area contributed by atoms with E-state index >= 15 is 0 Å². The average molecular weight is 214 g/mol. The highest BCUT2D eigenvalue weighted by atomic mass is 16.5. The van der Waals surface area contributed by atoms with Gasteiger partial charge >= 0.3 is 0 Å². The summed E-state index contributed by atoms with van der Waals surface area (Å²) in [4.78, 5) is 0. The maximum Gasteiger partial charge on any atom is 0.0624 e. The van der Waals surface area contributed by atoms with Crippen molar-refractivity contribution in [1.82, 2.24) is 0 Å². The normalized spacial score (nSPS) is 37.2. The number of rotatable bonds is 4. The maximum absolute atomic E-state index is 10.1. The molecule has 2 nitrogen and oxygen atoms in total. The largest absolute Gasteiger partial charge is 0.390 e. The van der Waals surface area contributed by atoms with Crippen molar-refractivity contribution in [3.8, 4) is 0 Å². The van der Waals surface area contributed by atoms with E-state index in [1.165, 1.54) is 6.42 Å². The molecule has 0 amide bonds. The third-order valence-corrected chi connectivity index (χ3v) is 3.35. The average Bonchev–Trinajstić information content (AvgIpc) is 2.08. The van der Waals surface area contributed by atoms with Crippen molar-refractivity contribution < 1.29 is 9.84 Å². The molecule has 1 aliphatic rings. The van der Waals surface area contributed by atoms with Crippen LogP contribution in [0.2, 0.25) is 0 Å². The Bertz CT molecular complexity index is 187. The Hall–Kier alpha value is -0.0800. The Kier molecular flexibility index (Phi) is 4.60. The monoisotopic (exact) mass is 214 g/mol. The zero-order chi connectivity index (χ0) is 11.5. The Morgan fingerprint density at radius 3 is 2.67 bits per heavy atom. The summed E-state index contributed by atoms with van der Waals surface area (Å²) in [6, 6.07) is 0. The molecule has 1 saturated carbocycles. The first-order valence-corrected chi connectivity index (χ1v) is 6.28. The van der Waals surface area contributed by atoms with Gasteiger partial charge in [-0.15, -0.1) is 0 Å². The van der Waals surface area contributed by atoms with Gasteiger partial charge in [0.1, 0.15) is 0 Å². The molecule has 0 spiro atoms. The van der Waals surface area contributed by atoms with Crippen LogP contribution < -0.4 is 0 Å². The van der Waals surface area contributed by atoms with E-state index in [1.54, 1.807) is 0 Å². The first kappa shape index (κ1) is 13.0. The fraction of sp³-hybridized carbons (Fsp3) is 1.00. The zero-order valence-electron chi connectivity index (χ0n) is 10.6. The lowest BCUT2D eigenvalue weighted by Crippen LogP contribution is -2.41. The Morgan fingerprint density at radius 1 is 1.47 bits per heavy atom. The minimum atomic E-state index is -0.465. The molecule has 0 bridgehead atoms. The highest BCUT2D eigenvalue weighted by Gasteiger charge is 2.36. The van der Waals surface area contributed by atoms with Gasteiger partial charge in [-0.05, 0) is 51.4 Å². The first-order chi connectivity index (χ1) is 6.94. The van der Waals surface area contributed by atoms with Crippen molar-refractivity contribution in [1.29, 1.82) is 0 Å². The van der Waals surface area contributed by atoms with Crippen molar-refractivity contribution in [2.24, 2.45) is 11.8 Å². The van der Waals surface area contributed by atoms with Gasteiger partial charge in [-0.25, -0.2) is 0 Å². The van der Waals surface area contributed by atoms with E-state index in [9.17, 15) is 5.11 Å². The van der Waals surface area contributed by atoms with Gasteiger partial charge in [-0.1, -0.05) is 13.8 Å². The minimum absolute atomic E-state index is 0.373. The van der Waals surface area contributed by atoms with Gasteiger partial charge in [0.15, 0.2) is 0 Å². The molecule has 15 heavy (non-hydrogen) atoms. The van der Waals surface area contributed by atoms with Crippen LogP contribution in [0, 0.1) is 11.8 Å². The van der Waals surface area contributed by atoms with E-state index in [0.717, 1.165) is 25.9 Å². The number of hydrogen-bond donors (Lipinski definition) is 1. The summed E-state index contributed by atoms with van der Waals surface area (Å²) in [6.45, 7) is 9.29. The van der Waals surface area contributed by atoms with Crippen molar-refractivity contribution in [2.75, 3.05) is 6.61 Å². The van der Waals surface area contributed by atoms with E-state index in [2.05, 4.69) is 20.8 Å². The van der Waals surface area contributed by atoms with Gasteiger partial charge < -0.3 is 9.84 Å². The summed E-state index contributed by atoms with van der Waals surface area (Å²) in [7, 11) is 0. The van der Waals surface area contributed by atoms with E-state index in [4.69, 9.17) is 4.74 Å². The molecule has 90 valence electrons. The van der Waals surface area contributed by atoms with E-state index < -0.39 is 5.60 Å². The second kappa shape index (κ2) is 5.31. The minimum Gasteiger partial charge on any atom is -0.390 e. The lowest BCUT2D eigenvalue weighted by molar-refractivity contribution is -0.0824. The Labute approximate surface area is 94.0 Å². The third-order valence-electron chi connectivity index (χ3n) is 3.35. The van der Waals surface area contributed by atoms with E-state index in [-0.39, 0.29) is 0 Å². The van der Waals surface area contributed by atoms with Crippen LogP contribution in [0.4, 0.5) is 0 Å². The van der Waals surface area contributed by atoms with Crippen molar-refractivity contribution in [3.05, 3.63) is 0 Å². The van der Waals surface area contributed by atoms with Crippen LogP contribution in [0.25, 0.3) is 0 Å². The fourth-order valence-electron chi connectivity index (χ4n) is 2.76. The third kappa shape index (κ3) is 4.12. The summed E-state index contributed by atoms with van der Waals surface area (Å²) in [5, 5.41) is 10.1. The van der Waals surface area contributed by atoms with Crippen LogP contribution >= 0.6 is 0 Å². The summed E-state index contributed by atoms with van der Waals surface area (Å²) in [5.41, 5.74) is -0.465. The van der Waals surface area contributed by atoms with Crippen LogP contribution in [0.5, 0.6) is 0 Å². The molecular weight excluding hydrogens is 188 g/mol. The second-order valence-corrected chi connectivity index (χ2v) is 5.62. The molecule has 0 aromatic rings. The highest BCUT2D eigenvalue weighted by molar-refractivity contribution is 4.88. The smallest absolute Gasteiger partial charge is 0.0624 e. The van der Waals surface area contributed by atoms with Gasteiger partial charge in [0.2, 0.25) is 0 Å². The summed E-state index contributed by atoms with van der Waals surface area (Å²) >= 11 is 0. The lowest BCUT2D eigenvalue weighted by Gasteiger charge is -2.40. The molecule has 0 heterocycles. The highest BCUT2D eigenvalue weighted by Crippen LogP contribution is 2.37. The fourth-order valence-corrected chi connectivity index (χ4v) is 2.76. The van der Waals surface area contributed by atoms with Crippen molar-refractivity contribution in [3.63, 3.8) is 0 Å². The van der Waals surface area contributed by atoms with Gasteiger partial charge in [-0.2, -0.15) is 0 Å². The van der Waals surface area contributed by atoms with Crippen LogP contribution in [0.1, 0.15) is 53.4 Å². The van der Waals surface area contributed by atoms with E-state index in [1.807, 2.05) is 6.92 Å². The maximum atomic E-state index is 10.1. The number of ether oxygens (including phenoxy) is 1. The van der Waals surface area contributed by atoms with Gasteiger partial charge in [-0.3, -0.25) is 0 Å². The Morgan fingerprint density at radius 2 is 2.13 bits per heavy atom. The standard InChI is InChI=1S/C13H26O2/c1-5-15-12-6-7-13(4,14)9-11(12)8-10(2)3/h10-12,14H,5-9H2,1-4H3. The molecule has 2 heteroatoms. The summed E-state index contributed by atoms with van der Waals surface area (Å²) < 4.78 is 5.78. The molecule has 0 aromatic heterocycles. The SMILES string of the molecule is CCOC1CCC(C)(O)CC1CC(C)C. The molecule has 1 N–H and O–H groups in total. The molecule has 0 saturated heterocycles. The molecule has 3 unspecified atom stereocenters. The Balaban J connectivity index is 2.56. The topological polar surface area (TPSA) is 29.5 Å². The van der Waals surface area contributed by atoms with Crippen LogP contribution in [0.3, 0.4) is 0 Å². The predicted octanol–water partition coefficient (Wildman–Crippen LogP) is 2.99. The zero-order valence-corrected chi connectivity index (χ0v) is 10.6. The molecule has 3 atom stereocenters. The van der Waals surface area contributed by atoms with E-state index in [0.29, 0.717) is 17.9 Å². The molecule has 0 aromatic carbocycles. The van der Waals surface area contributed by atoms with Gasteiger partial charge in [0.25, 0.3) is 0 Å². The van der Waals surface area contributed by atoms with Crippen LogP contribution in [-0.2, 0) is 4.74 Å². The van der Waals surface area contributed by atoms with Gasteiger partial charge in [0, 0.05) is 6.61 Å². The number of aliphatic hydroxyl groups is 1. The number of hydrogen-bond acceptors (Lipinski definition) is 2. The quantitative estimate of drug-likeness (QED) is 0.779. The van der Waals surface area contributed by atoms with Crippen molar-refractivity contribution in [2.45, 2.75) is 65.1 Å². The molecule has 0 aliphatic heterocycles. The van der Waals surface area contributed by atoms with Crippen LogP contribution in [-0.4, -0.2) is 23.4 Å². The molecule has 1 fully saturated rings. The predicted molar refractivity (Wildman–Crippen MR) is 62.8 cm³/mol. The molecule has 1 rings (SSSR count). The second-order valence-electron chi connectivity index (χ2n) is 5.62. The van der Waals surface area contributed by atoms with Gasteiger partial charge in [0.05, 0.1) is 11.7 Å². The van der Waals surface area contributed by atoms with Crippen molar-refractivity contribution >= 4 is 0 Å². The first-order valence-electron chi connectivity index (χ1n) is 6.28. The molecule has 1 aliphatic carbocycles. The van der Waals surface area contributed by atoms with Crippen LogP contribution in [0.15, 0.2) is 0 Å².